The predicted octanol–water partition coefficient (Wildman–Crippen LogP) is 3.41. The van der Waals surface area contributed by atoms with E-state index in [1.807, 2.05) is 11.8 Å². The number of carbonyl (C=O) groups is 1. The van der Waals surface area contributed by atoms with E-state index >= 15 is 0 Å². The number of thioether (sulfide) groups is 1. The Morgan fingerprint density at radius 2 is 2.15 bits per heavy atom. The number of methoxy groups -OCH3 is 1. The van der Waals surface area contributed by atoms with Crippen molar-refractivity contribution in [2.45, 2.75) is 25.9 Å². The van der Waals surface area contributed by atoms with E-state index in [0.29, 0.717) is 23.7 Å². The quantitative estimate of drug-likeness (QED) is 0.780. The molecule has 3 nitrogen and oxygen atoms in total. The normalized spacial score (nSPS) is 15.9. The van der Waals surface area contributed by atoms with E-state index in [1.165, 1.54) is 25.3 Å². The molecule has 1 saturated heterocycles. The Bertz CT molecular complexity index is 458. The van der Waals surface area contributed by atoms with Crippen molar-refractivity contribution >= 4 is 17.7 Å². The molecule has 1 fully saturated rings. The first kappa shape index (κ1) is 15.2. The fourth-order valence-corrected chi connectivity index (χ4v) is 3.47. The summed E-state index contributed by atoms with van der Waals surface area (Å²) < 4.78 is 23.5. The van der Waals surface area contributed by atoms with E-state index < -0.39 is 0 Å². The van der Waals surface area contributed by atoms with Gasteiger partial charge in [-0.25, -0.2) is 4.39 Å². The van der Waals surface area contributed by atoms with Crippen molar-refractivity contribution in [2.75, 3.05) is 18.6 Å². The van der Waals surface area contributed by atoms with Gasteiger partial charge in [0.15, 0.2) is 0 Å². The summed E-state index contributed by atoms with van der Waals surface area (Å²) in [6.45, 7) is 0.0568. The van der Waals surface area contributed by atoms with Crippen molar-refractivity contribution in [1.29, 1.82) is 0 Å². The largest absolute Gasteiger partial charge is 0.496 e. The van der Waals surface area contributed by atoms with Crippen LogP contribution in [0.5, 0.6) is 5.75 Å². The number of carbonyl (C=O) groups excluding carboxylic acids is 1. The zero-order chi connectivity index (χ0) is 14.4. The van der Waals surface area contributed by atoms with Gasteiger partial charge in [-0.3, -0.25) is 4.79 Å². The van der Waals surface area contributed by atoms with E-state index in [9.17, 15) is 9.18 Å². The molecule has 0 aliphatic carbocycles. The second kappa shape index (κ2) is 7.53. The molecule has 5 heteroatoms. The summed E-state index contributed by atoms with van der Waals surface area (Å²) in [6, 6.07) is 4.20. The van der Waals surface area contributed by atoms with Crippen molar-refractivity contribution in [1.82, 2.24) is 0 Å². The molecule has 20 heavy (non-hydrogen) atoms. The molecule has 0 saturated carbocycles. The van der Waals surface area contributed by atoms with Gasteiger partial charge in [0, 0.05) is 12.0 Å². The lowest BCUT2D eigenvalue weighted by molar-refractivity contribution is -0.146. The highest BCUT2D eigenvalue weighted by molar-refractivity contribution is 7.99. The highest BCUT2D eigenvalue weighted by atomic mass is 32.2. The smallest absolute Gasteiger partial charge is 0.306 e. The summed E-state index contributed by atoms with van der Waals surface area (Å²) in [5.41, 5.74) is 0.556. The molecular weight excluding hydrogens is 279 g/mol. The van der Waals surface area contributed by atoms with Crippen LogP contribution >= 0.6 is 11.8 Å². The zero-order valence-electron chi connectivity index (χ0n) is 11.6. The third kappa shape index (κ3) is 4.40. The number of esters is 1. The molecule has 0 amide bonds. The molecule has 0 spiro atoms. The molecule has 1 aliphatic rings. The molecule has 0 N–H and O–H groups in total. The van der Waals surface area contributed by atoms with Gasteiger partial charge >= 0.3 is 5.97 Å². The summed E-state index contributed by atoms with van der Waals surface area (Å²) >= 11 is 1.93. The topological polar surface area (TPSA) is 35.5 Å². The molecule has 0 radical (unpaired) electrons. The average Bonchev–Trinajstić information content (AvgIpc) is 2.46. The van der Waals surface area contributed by atoms with Crippen molar-refractivity contribution in [2.24, 2.45) is 5.92 Å². The van der Waals surface area contributed by atoms with Gasteiger partial charge in [-0.1, -0.05) is 0 Å². The molecular formula is C15H19FO3S. The van der Waals surface area contributed by atoms with E-state index in [-0.39, 0.29) is 18.4 Å². The van der Waals surface area contributed by atoms with E-state index in [1.54, 1.807) is 0 Å². The Hall–Kier alpha value is -1.23. The predicted molar refractivity (Wildman–Crippen MR) is 77.4 cm³/mol. The lowest BCUT2D eigenvalue weighted by Gasteiger charge is -2.20. The second-order valence-corrected chi connectivity index (χ2v) is 6.10. The Balaban J connectivity index is 1.84. The Kier molecular flexibility index (Phi) is 5.71. The molecule has 1 aromatic rings. The Morgan fingerprint density at radius 1 is 1.40 bits per heavy atom. The van der Waals surface area contributed by atoms with Crippen LogP contribution in [0.2, 0.25) is 0 Å². The standard InChI is InChI=1S/C15H19FO3S/c1-18-14-3-2-13(16)9-12(14)10-19-15(17)8-11-4-6-20-7-5-11/h2-3,9,11H,4-8,10H2,1H3. The molecule has 0 aromatic heterocycles. The van der Waals surface area contributed by atoms with Crippen LogP contribution in [0, 0.1) is 11.7 Å². The molecule has 2 rings (SSSR count). The van der Waals surface area contributed by atoms with Crippen molar-refractivity contribution in [3.05, 3.63) is 29.6 Å². The van der Waals surface area contributed by atoms with E-state index in [0.717, 1.165) is 24.3 Å². The number of benzene rings is 1. The maximum atomic E-state index is 13.2. The van der Waals surface area contributed by atoms with Gasteiger partial charge in [0.05, 0.1) is 7.11 Å². The van der Waals surface area contributed by atoms with Crippen LogP contribution in [0.1, 0.15) is 24.8 Å². The van der Waals surface area contributed by atoms with Gasteiger partial charge in [0.25, 0.3) is 0 Å². The van der Waals surface area contributed by atoms with Gasteiger partial charge in [-0.2, -0.15) is 11.8 Å². The monoisotopic (exact) mass is 298 g/mol. The van der Waals surface area contributed by atoms with Crippen LogP contribution in [-0.2, 0) is 16.1 Å². The third-order valence-electron chi connectivity index (χ3n) is 3.43. The summed E-state index contributed by atoms with van der Waals surface area (Å²) in [5, 5.41) is 0. The molecule has 1 heterocycles. The number of rotatable bonds is 5. The van der Waals surface area contributed by atoms with Gasteiger partial charge < -0.3 is 9.47 Å². The minimum absolute atomic E-state index is 0.0568. The van der Waals surface area contributed by atoms with Crippen LogP contribution in [-0.4, -0.2) is 24.6 Å². The maximum absolute atomic E-state index is 13.2. The van der Waals surface area contributed by atoms with Crippen LogP contribution in [0.3, 0.4) is 0 Å². The van der Waals surface area contributed by atoms with E-state index in [4.69, 9.17) is 9.47 Å². The van der Waals surface area contributed by atoms with Gasteiger partial charge in [0.2, 0.25) is 0 Å². The summed E-state index contributed by atoms with van der Waals surface area (Å²) in [7, 11) is 1.51. The first-order valence-electron chi connectivity index (χ1n) is 6.75. The first-order valence-corrected chi connectivity index (χ1v) is 7.90. The number of halogens is 1. The molecule has 1 aliphatic heterocycles. The molecule has 0 bridgehead atoms. The van der Waals surface area contributed by atoms with Gasteiger partial charge in [-0.05, 0) is 48.5 Å². The maximum Gasteiger partial charge on any atom is 0.306 e. The van der Waals surface area contributed by atoms with Gasteiger partial charge in [0.1, 0.15) is 18.2 Å². The molecule has 110 valence electrons. The zero-order valence-corrected chi connectivity index (χ0v) is 12.4. The second-order valence-electron chi connectivity index (χ2n) is 4.88. The minimum atomic E-state index is -0.360. The number of hydrogen-bond donors (Lipinski definition) is 0. The summed E-state index contributed by atoms with van der Waals surface area (Å²) in [5.74, 6) is 2.63. The fourth-order valence-electron chi connectivity index (χ4n) is 2.26. The molecule has 0 unspecified atom stereocenters. The average molecular weight is 298 g/mol. The third-order valence-corrected chi connectivity index (χ3v) is 4.48. The summed E-state index contributed by atoms with van der Waals surface area (Å²) in [4.78, 5) is 11.8. The highest BCUT2D eigenvalue weighted by Gasteiger charge is 2.18. The van der Waals surface area contributed by atoms with Crippen LogP contribution < -0.4 is 4.74 Å². The van der Waals surface area contributed by atoms with Crippen molar-refractivity contribution in [3.63, 3.8) is 0 Å². The lowest BCUT2D eigenvalue weighted by atomic mass is 9.99. The number of ether oxygens (including phenoxy) is 2. The minimum Gasteiger partial charge on any atom is -0.496 e. The van der Waals surface area contributed by atoms with Gasteiger partial charge in [-0.15, -0.1) is 0 Å². The number of hydrogen-bond acceptors (Lipinski definition) is 4. The highest BCUT2D eigenvalue weighted by Crippen LogP contribution is 2.26. The van der Waals surface area contributed by atoms with Crippen LogP contribution in [0.15, 0.2) is 18.2 Å². The Morgan fingerprint density at radius 3 is 2.85 bits per heavy atom. The fraction of sp³-hybridized carbons (Fsp3) is 0.533. The first-order chi connectivity index (χ1) is 9.69. The van der Waals surface area contributed by atoms with Crippen LogP contribution in [0.4, 0.5) is 4.39 Å². The van der Waals surface area contributed by atoms with E-state index in [2.05, 4.69) is 0 Å². The summed E-state index contributed by atoms with van der Waals surface area (Å²) in [6.07, 6.45) is 2.60. The Labute approximate surface area is 122 Å². The lowest BCUT2D eigenvalue weighted by Crippen LogP contribution is -2.16. The van der Waals surface area contributed by atoms with Crippen LogP contribution in [0.25, 0.3) is 0 Å². The van der Waals surface area contributed by atoms with Crippen molar-refractivity contribution in [3.8, 4) is 5.75 Å². The molecule has 1 aromatic carbocycles. The van der Waals surface area contributed by atoms with Crippen molar-refractivity contribution < 1.29 is 18.7 Å². The molecule has 0 atom stereocenters. The SMILES string of the molecule is COc1ccc(F)cc1COC(=O)CC1CCSCC1.